The molecule has 0 fully saturated rings. The highest BCUT2D eigenvalue weighted by atomic mass is 16.5. The molecule has 1 rings (SSSR count). The number of hydrogen-bond acceptors (Lipinski definition) is 5. The Labute approximate surface area is 93.9 Å². The maximum Gasteiger partial charge on any atom is 0.323 e. The molecule has 0 amide bonds. The normalized spacial score (nSPS) is 9.88. The van der Waals surface area contributed by atoms with Crippen LogP contribution in [0, 0.1) is 0 Å². The van der Waals surface area contributed by atoms with Gasteiger partial charge in [0, 0.05) is 12.6 Å². The molecular weight excluding hydrogens is 210 g/mol. The minimum absolute atomic E-state index is 0.0754. The SMILES string of the molecule is CCCN(CC(=O)O)c1cc(OC)ncn1. The first-order chi connectivity index (χ1) is 7.67. The number of hydrogen-bond donors (Lipinski definition) is 1. The van der Waals surface area contributed by atoms with Gasteiger partial charge in [-0.05, 0) is 6.42 Å². The van der Waals surface area contributed by atoms with Gasteiger partial charge in [-0.3, -0.25) is 4.79 Å². The Morgan fingerprint density at radius 1 is 1.56 bits per heavy atom. The molecule has 16 heavy (non-hydrogen) atoms. The second kappa shape index (κ2) is 5.89. The molecule has 0 bridgehead atoms. The number of ether oxygens (including phenoxy) is 1. The first-order valence-corrected chi connectivity index (χ1v) is 5.00. The van der Waals surface area contributed by atoms with Crippen LogP contribution in [-0.4, -0.2) is 41.2 Å². The monoisotopic (exact) mass is 225 g/mol. The summed E-state index contributed by atoms with van der Waals surface area (Å²) in [5, 5.41) is 8.78. The minimum atomic E-state index is -0.883. The maximum absolute atomic E-state index is 10.7. The van der Waals surface area contributed by atoms with Gasteiger partial charge in [0.05, 0.1) is 7.11 Å². The largest absolute Gasteiger partial charge is 0.481 e. The van der Waals surface area contributed by atoms with Crippen LogP contribution < -0.4 is 9.64 Å². The summed E-state index contributed by atoms with van der Waals surface area (Å²) in [6.07, 6.45) is 2.21. The van der Waals surface area contributed by atoms with Gasteiger partial charge in [0.15, 0.2) is 0 Å². The Morgan fingerprint density at radius 3 is 2.88 bits per heavy atom. The third-order valence-electron chi connectivity index (χ3n) is 1.98. The lowest BCUT2D eigenvalue weighted by molar-refractivity contribution is -0.135. The van der Waals surface area contributed by atoms with E-state index in [-0.39, 0.29) is 6.54 Å². The highest BCUT2D eigenvalue weighted by molar-refractivity contribution is 5.73. The van der Waals surface area contributed by atoms with Crippen molar-refractivity contribution in [2.45, 2.75) is 13.3 Å². The number of carbonyl (C=O) groups is 1. The average Bonchev–Trinajstić information content (AvgIpc) is 2.28. The van der Waals surface area contributed by atoms with E-state index in [0.29, 0.717) is 18.2 Å². The van der Waals surface area contributed by atoms with Gasteiger partial charge in [-0.25, -0.2) is 9.97 Å². The molecule has 6 heteroatoms. The van der Waals surface area contributed by atoms with Gasteiger partial charge in [0.1, 0.15) is 18.7 Å². The van der Waals surface area contributed by atoms with Crippen molar-refractivity contribution in [1.29, 1.82) is 0 Å². The fourth-order valence-electron chi connectivity index (χ4n) is 1.32. The van der Waals surface area contributed by atoms with Gasteiger partial charge in [-0.1, -0.05) is 6.92 Å². The highest BCUT2D eigenvalue weighted by Crippen LogP contribution is 2.15. The van der Waals surface area contributed by atoms with Crippen LogP contribution in [0.2, 0.25) is 0 Å². The average molecular weight is 225 g/mol. The molecule has 0 radical (unpaired) electrons. The van der Waals surface area contributed by atoms with Gasteiger partial charge in [0.25, 0.3) is 0 Å². The molecule has 0 unspecified atom stereocenters. The molecule has 0 atom stereocenters. The van der Waals surface area contributed by atoms with Crippen LogP contribution >= 0.6 is 0 Å². The van der Waals surface area contributed by atoms with Crippen LogP contribution in [0.1, 0.15) is 13.3 Å². The Balaban J connectivity index is 2.86. The van der Waals surface area contributed by atoms with Crippen molar-refractivity contribution in [3.63, 3.8) is 0 Å². The van der Waals surface area contributed by atoms with E-state index in [0.717, 1.165) is 6.42 Å². The van der Waals surface area contributed by atoms with Gasteiger partial charge < -0.3 is 14.7 Å². The molecule has 1 N–H and O–H groups in total. The minimum Gasteiger partial charge on any atom is -0.481 e. The number of carboxylic acids is 1. The Hall–Kier alpha value is -1.85. The predicted molar refractivity (Wildman–Crippen MR) is 58.7 cm³/mol. The zero-order valence-corrected chi connectivity index (χ0v) is 9.38. The van der Waals surface area contributed by atoms with E-state index >= 15 is 0 Å². The fourth-order valence-corrected chi connectivity index (χ4v) is 1.32. The lowest BCUT2D eigenvalue weighted by Gasteiger charge is -2.20. The first kappa shape index (κ1) is 12.2. The van der Waals surface area contributed by atoms with Crippen molar-refractivity contribution in [3.05, 3.63) is 12.4 Å². The van der Waals surface area contributed by atoms with Crippen molar-refractivity contribution >= 4 is 11.8 Å². The van der Waals surface area contributed by atoms with Crippen molar-refractivity contribution < 1.29 is 14.6 Å². The van der Waals surface area contributed by atoms with Gasteiger partial charge in [-0.2, -0.15) is 0 Å². The van der Waals surface area contributed by atoms with E-state index in [4.69, 9.17) is 9.84 Å². The summed E-state index contributed by atoms with van der Waals surface area (Å²) < 4.78 is 4.96. The zero-order chi connectivity index (χ0) is 12.0. The number of methoxy groups -OCH3 is 1. The molecule has 6 nitrogen and oxygen atoms in total. The van der Waals surface area contributed by atoms with Crippen molar-refractivity contribution in [1.82, 2.24) is 9.97 Å². The van der Waals surface area contributed by atoms with Crippen molar-refractivity contribution in [2.24, 2.45) is 0 Å². The van der Waals surface area contributed by atoms with Gasteiger partial charge >= 0.3 is 5.97 Å². The number of rotatable bonds is 6. The van der Waals surface area contributed by atoms with E-state index in [1.165, 1.54) is 13.4 Å². The molecule has 0 saturated carbocycles. The van der Waals surface area contributed by atoms with Crippen LogP contribution in [-0.2, 0) is 4.79 Å². The fraction of sp³-hybridized carbons (Fsp3) is 0.500. The molecule has 0 saturated heterocycles. The molecule has 0 aromatic carbocycles. The topological polar surface area (TPSA) is 75.6 Å². The van der Waals surface area contributed by atoms with Crippen LogP contribution in [0.25, 0.3) is 0 Å². The molecule has 0 aliphatic rings. The lowest BCUT2D eigenvalue weighted by Crippen LogP contribution is -2.31. The summed E-state index contributed by atoms with van der Waals surface area (Å²) in [5.74, 6) is 0.110. The standard InChI is InChI=1S/C10H15N3O3/c1-3-4-13(6-10(14)15)8-5-9(16-2)12-7-11-8/h5,7H,3-4,6H2,1-2H3,(H,14,15). The molecule has 1 heterocycles. The third kappa shape index (κ3) is 3.38. The van der Waals surface area contributed by atoms with E-state index in [2.05, 4.69) is 9.97 Å². The second-order valence-corrected chi connectivity index (χ2v) is 3.23. The Morgan fingerprint density at radius 2 is 2.31 bits per heavy atom. The smallest absolute Gasteiger partial charge is 0.323 e. The van der Waals surface area contributed by atoms with E-state index in [1.54, 1.807) is 11.0 Å². The molecule has 0 aliphatic carbocycles. The number of carboxylic acid groups (broad SMARTS) is 1. The maximum atomic E-state index is 10.7. The molecule has 0 spiro atoms. The number of aromatic nitrogens is 2. The number of nitrogens with zero attached hydrogens (tertiary/aromatic N) is 3. The van der Waals surface area contributed by atoms with Gasteiger partial charge in [0.2, 0.25) is 5.88 Å². The predicted octanol–water partition coefficient (Wildman–Crippen LogP) is 0.786. The second-order valence-electron chi connectivity index (χ2n) is 3.23. The zero-order valence-electron chi connectivity index (χ0n) is 9.38. The lowest BCUT2D eigenvalue weighted by atomic mass is 10.4. The van der Waals surface area contributed by atoms with Crippen molar-refractivity contribution in [3.8, 4) is 5.88 Å². The molecule has 1 aromatic rings. The molecular formula is C10H15N3O3. The molecule has 1 aromatic heterocycles. The van der Waals surface area contributed by atoms with E-state index in [1.807, 2.05) is 6.92 Å². The summed E-state index contributed by atoms with van der Waals surface area (Å²) in [6.45, 7) is 2.54. The van der Waals surface area contributed by atoms with E-state index < -0.39 is 5.97 Å². The summed E-state index contributed by atoms with van der Waals surface area (Å²) >= 11 is 0. The van der Waals surface area contributed by atoms with Gasteiger partial charge in [-0.15, -0.1) is 0 Å². The van der Waals surface area contributed by atoms with Crippen LogP contribution in [0.4, 0.5) is 5.82 Å². The summed E-state index contributed by atoms with van der Waals surface area (Å²) in [6, 6.07) is 1.62. The third-order valence-corrected chi connectivity index (χ3v) is 1.98. The Bertz CT molecular complexity index is 357. The van der Waals surface area contributed by atoms with Crippen LogP contribution in [0.15, 0.2) is 12.4 Å². The summed E-state index contributed by atoms with van der Waals surface area (Å²) in [4.78, 5) is 20.3. The Kier molecular flexibility index (Phi) is 4.50. The van der Waals surface area contributed by atoms with Crippen LogP contribution in [0.5, 0.6) is 5.88 Å². The molecule has 0 aliphatic heterocycles. The van der Waals surface area contributed by atoms with Crippen molar-refractivity contribution in [2.75, 3.05) is 25.1 Å². The summed E-state index contributed by atoms with van der Waals surface area (Å²) in [5.41, 5.74) is 0. The van der Waals surface area contributed by atoms with Crippen LogP contribution in [0.3, 0.4) is 0 Å². The summed E-state index contributed by atoms with van der Waals surface area (Å²) in [7, 11) is 1.51. The first-order valence-electron chi connectivity index (χ1n) is 5.00. The quantitative estimate of drug-likeness (QED) is 0.771. The molecule has 88 valence electrons. The number of anilines is 1. The van der Waals surface area contributed by atoms with E-state index in [9.17, 15) is 4.79 Å². The highest BCUT2D eigenvalue weighted by Gasteiger charge is 2.11. The number of aliphatic carboxylic acids is 1.